The Hall–Kier alpha value is -2.28. The minimum Gasteiger partial charge on any atom is -0.480 e. The standard InChI is InChI=1S/C13H12F2N2O3/c1-19-9-6-16-11(13(17-9)20-2)12(18)10-7(14)4-3-5-8(10)15/h3-6,12,18H,1-2H3. The molecule has 0 spiro atoms. The molecule has 1 N–H and O–H groups in total. The molecule has 1 unspecified atom stereocenters. The third kappa shape index (κ3) is 2.53. The second-order valence-corrected chi connectivity index (χ2v) is 3.84. The Bertz CT molecular complexity index is 602. The first kappa shape index (κ1) is 14.1. The fraction of sp³-hybridized carbons (Fsp3) is 0.231. The van der Waals surface area contributed by atoms with Gasteiger partial charge in [-0.3, -0.25) is 0 Å². The number of benzene rings is 1. The number of hydrogen-bond donors (Lipinski definition) is 1. The second kappa shape index (κ2) is 5.79. The Balaban J connectivity index is 2.50. The maximum absolute atomic E-state index is 13.7. The van der Waals surface area contributed by atoms with Crippen LogP contribution in [0, 0.1) is 11.6 Å². The number of aromatic nitrogens is 2. The Morgan fingerprint density at radius 1 is 1.15 bits per heavy atom. The van der Waals surface area contributed by atoms with Crippen LogP contribution in [0.4, 0.5) is 8.78 Å². The van der Waals surface area contributed by atoms with E-state index < -0.39 is 23.3 Å². The van der Waals surface area contributed by atoms with Crippen molar-refractivity contribution in [1.82, 2.24) is 9.97 Å². The Labute approximate surface area is 113 Å². The van der Waals surface area contributed by atoms with E-state index in [0.717, 1.165) is 12.1 Å². The van der Waals surface area contributed by atoms with Crippen LogP contribution in [0.25, 0.3) is 0 Å². The summed E-state index contributed by atoms with van der Waals surface area (Å²) >= 11 is 0. The number of ether oxygens (including phenoxy) is 2. The summed E-state index contributed by atoms with van der Waals surface area (Å²) in [5.41, 5.74) is -0.609. The average molecular weight is 282 g/mol. The van der Waals surface area contributed by atoms with Gasteiger partial charge >= 0.3 is 0 Å². The molecule has 0 aliphatic carbocycles. The number of methoxy groups -OCH3 is 2. The van der Waals surface area contributed by atoms with Crippen LogP contribution in [-0.2, 0) is 0 Å². The van der Waals surface area contributed by atoms with Crippen molar-refractivity contribution in [2.45, 2.75) is 6.10 Å². The van der Waals surface area contributed by atoms with Gasteiger partial charge in [0.05, 0.1) is 26.0 Å². The largest absolute Gasteiger partial charge is 0.480 e. The molecule has 0 amide bonds. The molecule has 0 aliphatic heterocycles. The van der Waals surface area contributed by atoms with Crippen molar-refractivity contribution < 1.29 is 23.4 Å². The van der Waals surface area contributed by atoms with E-state index in [1.807, 2.05) is 0 Å². The van der Waals surface area contributed by atoms with Gasteiger partial charge in [0.25, 0.3) is 0 Å². The summed E-state index contributed by atoms with van der Waals surface area (Å²) in [6.07, 6.45) is -0.413. The summed E-state index contributed by atoms with van der Waals surface area (Å²) in [7, 11) is 2.69. The first-order chi connectivity index (χ1) is 9.58. The van der Waals surface area contributed by atoms with Crippen molar-refractivity contribution >= 4 is 0 Å². The summed E-state index contributed by atoms with van der Waals surface area (Å²) in [4.78, 5) is 7.79. The Morgan fingerprint density at radius 3 is 2.35 bits per heavy atom. The molecule has 1 heterocycles. The van der Waals surface area contributed by atoms with Crippen LogP contribution in [0.3, 0.4) is 0 Å². The van der Waals surface area contributed by atoms with Crippen LogP contribution in [0.2, 0.25) is 0 Å². The fourth-order valence-corrected chi connectivity index (χ4v) is 1.71. The van der Waals surface area contributed by atoms with Gasteiger partial charge in [-0.1, -0.05) is 6.07 Å². The van der Waals surface area contributed by atoms with E-state index in [1.54, 1.807) is 0 Å². The molecule has 1 atom stereocenters. The van der Waals surface area contributed by atoms with E-state index in [-0.39, 0.29) is 17.5 Å². The van der Waals surface area contributed by atoms with Crippen LogP contribution < -0.4 is 9.47 Å². The van der Waals surface area contributed by atoms with Crippen molar-refractivity contribution in [3.8, 4) is 11.8 Å². The smallest absolute Gasteiger partial charge is 0.241 e. The average Bonchev–Trinajstić information content (AvgIpc) is 2.46. The van der Waals surface area contributed by atoms with Crippen molar-refractivity contribution in [2.75, 3.05) is 14.2 Å². The van der Waals surface area contributed by atoms with E-state index in [2.05, 4.69) is 9.97 Å². The molecule has 1 aromatic carbocycles. The zero-order valence-corrected chi connectivity index (χ0v) is 10.8. The minimum absolute atomic E-state index is 0.0699. The van der Waals surface area contributed by atoms with Crippen molar-refractivity contribution in [1.29, 1.82) is 0 Å². The molecular formula is C13H12F2N2O3. The highest BCUT2D eigenvalue weighted by Crippen LogP contribution is 2.30. The Kier molecular flexibility index (Phi) is 4.09. The predicted octanol–water partition coefficient (Wildman–Crippen LogP) is 1.85. The second-order valence-electron chi connectivity index (χ2n) is 3.84. The van der Waals surface area contributed by atoms with Crippen LogP contribution >= 0.6 is 0 Å². The summed E-state index contributed by atoms with van der Waals surface area (Å²) in [5.74, 6) is -1.67. The predicted molar refractivity (Wildman–Crippen MR) is 65.6 cm³/mol. The molecule has 0 aliphatic rings. The molecule has 0 bridgehead atoms. The number of hydrogen-bond acceptors (Lipinski definition) is 5. The molecular weight excluding hydrogens is 270 g/mol. The third-order valence-corrected chi connectivity index (χ3v) is 2.68. The van der Waals surface area contributed by atoms with Gasteiger partial charge < -0.3 is 14.6 Å². The molecule has 2 rings (SSSR count). The molecule has 0 saturated carbocycles. The van der Waals surface area contributed by atoms with Gasteiger partial charge in [0.15, 0.2) is 0 Å². The van der Waals surface area contributed by atoms with Crippen LogP contribution in [-0.4, -0.2) is 29.3 Å². The van der Waals surface area contributed by atoms with Crippen molar-refractivity contribution in [3.63, 3.8) is 0 Å². The first-order valence-corrected chi connectivity index (χ1v) is 5.65. The highest BCUT2D eigenvalue weighted by atomic mass is 19.1. The summed E-state index contributed by atoms with van der Waals surface area (Å²) in [6.45, 7) is 0. The van der Waals surface area contributed by atoms with Gasteiger partial charge in [-0.05, 0) is 12.1 Å². The lowest BCUT2D eigenvalue weighted by Gasteiger charge is -2.15. The summed E-state index contributed by atoms with van der Waals surface area (Å²) in [5, 5.41) is 10.1. The van der Waals surface area contributed by atoms with E-state index in [9.17, 15) is 13.9 Å². The molecule has 20 heavy (non-hydrogen) atoms. The van der Waals surface area contributed by atoms with Crippen LogP contribution in [0.5, 0.6) is 11.8 Å². The normalized spacial score (nSPS) is 12.1. The molecule has 106 valence electrons. The highest BCUT2D eigenvalue weighted by Gasteiger charge is 2.25. The molecule has 0 fully saturated rings. The monoisotopic (exact) mass is 282 g/mol. The lowest BCUT2D eigenvalue weighted by Crippen LogP contribution is -2.10. The maximum Gasteiger partial charge on any atom is 0.241 e. The number of aliphatic hydroxyl groups excluding tert-OH is 1. The topological polar surface area (TPSA) is 64.5 Å². The maximum atomic E-state index is 13.7. The SMILES string of the molecule is COc1cnc(C(O)c2c(F)cccc2F)c(OC)n1. The van der Waals surface area contributed by atoms with Gasteiger partial charge in [0.2, 0.25) is 11.8 Å². The molecule has 1 aromatic heterocycles. The quantitative estimate of drug-likeness (QED) is 0.927. The lowest BCUT2D eigenvalue weighted by molar-refractivity contribution is 0.196. The number of rotatable bonds is 4. The number of nitrogens with zero attached hydrogens (tertiary/aromatic N) is 2. The molecule has 5 nitrogen and oxygen atoms in total. The summed E-state index contributed by atoms with van der Waals surface area (Å²) < 4.78 is 37.1. The van der Waals surface area contributed by atoms with Gasteiger partial charge in [-0.25, -0.2) is 13.8 Å². The van der Waals surface area contributed by atoms with Crippen LogP contribution in [0.15, 0.2) is 24.4 Å². The zero-order chi connectivity index (χ0) is 14.7. The van der Waals surface area contributed by atoms with E-state index in [0.29, 0.717) is 0 Å². The molecule has 7 heteroatoms. The van der Waals surface area contributed by atoms with Gasteiger partial charge in [0.1, 0.15) is 23.4 Å². The minimum atomic E-state index is -1.63. The van der Waals surface area contributed by atoms with Gasteiger partial charge in [-0.15, -0.1) is 0 Å². The van der Waals surface area contributed by atoms with E-state index in [1.165, 1.54) is 26.5 Å². The third-order valence-electron chi connectivity index (χ3n) is 2.68. The summed E-state index contributed by atoms with van der Waals surface area (Å²) in [6, 6.07) is 3.30. The fourth-order valence-electron chi connectivity index (χ4n) is 1.71. The molecule has 0 radical (unpaired) electrons. The van der Waals surface area contributed by atoms with Gasteiger partial charge in [-0.2, -0.15) is 4.98 Å². The molecule has 0 saturated heterocycles. The van der Waals surface area contributed by atoms with Crippen LogP contribution in [0.1, 0.15) is 17.4 Å². The Morgan fingerprint density at radius 2 is 1.80 bits per heavy atom. The molecule has 2 aromatic rings. The highest BCUT2D eigenvalue weighted by molar-refractivity contribution is 5.34. The zero-order valence-electron chi connectivity index (χ0n) is 10.8. The lowest BCUT2D eigenvalue weighted by atomic mass is 10.1. The van der Waals surface area contributed by atoms with E-state index in [4.69, 9.17) is 9.47 Å². The first-order valence-electron chi connectivity index (χ1n) is 5.65. The van der Waals surface area contributed by atoms with Crippen molar-refractivity contribution in [2.24, 2.45) is 0 Å². The number of halogens is 2. The van der Waals surface area contributed by atoms with Crippen molar-refractivity contribution in [3.05, 3.63) is 47.3 Å². The van der Waals surface area contributed by atoms with E-state index >= 15 is 0 Å². The number of aliphatic hydroxyl groups is 1. The van der Waals surface area contributed by atoms with Gasteiger partial charge in [0, 0.05) is 0 Å².